The predicted octanol–water partition coefficient (Wildman–Crippen LogP) is 1.42. The molecule has 1 aromatic rings. The number of piperazine rings is 1. The van der Waals surface area contributed by atoms with Gasteiger partial charge in [-0.25, -0.2) is 4.79 Å². The topological polar surface area (TPSA) is 53.1 Å². The third kappa shape index (κ3) is 4.69. The van der Waals surface area contributed by atoms with Gasteiger partial charge in [0.15, 0.2) is 0 Å². The lowest BCUT2D eigenvalue weighted by atomic mass is 10.2. The lowest BCUT2D eigenvalue weighted by Crippen LogP contribution is -2.54. The van der Waals surface area contributed by atoms with Crippen molar-refractivity contribution in [3.63, 3.8) is 0 Å². The summed E-state index contributed by atoms with van der Waals surface area (Å²) in [6.07, 6.45) is -0.318. The molecule has 0 radical (unpaired) electrons. The second-order valence-electron chi connectivity index (χ2n) is 5.99. The van der Waals surface area contributed by atoms with Crippen molar-refractivity contribution in [1.82, 2.24) is 14.7 Å². The second-order valence-corrected chi connectivity index (χ2v) is 5.99. The monoisotopic (exact) mass is 319 g/mol. The maximum atomic E-state index is 12.3. The molecule has 6 nitrogen and oxygen atoms in total. The zero-order valence-electron chi connectivity index (χ0n) is 14.1. The number of ether oxygens (including phenoxy) is 1. The molecule has 0 saturated carbocycles. The Kier molecular flexibility index (Phi) is 5.98. The molecule has 1 atom stereocenters. The van der Waals surface area contributed by atoms with Crippen LogP contribution in [0.15, 0.2) is 30.3 Å². The summed E-state index contributed by atoms with van der Waals surface area (Å²) in [5.74, 6) is 0.104. The molecule has 1 saturated heterocycles. The van der Waals surface area contributed by atoms with Crippen LogP contribution < -0.4 is 0 Å². The summed E-state index contributed by atoms with van der Waals surface area (Å²) >= 11 is 0. The Labute approximate surface area is 137 Å². The van der Waals surface area contributed by atoms with Gasteiger partial charge in [0, 0.05) is 26.2 Å². The first-order valence-corrected chi connectivity index (χ1v) is 7.90. The highest BCUT2D eigenvalue weighted by molar-refractivity contribution is 5.81. The number of hydrogen-bond donors (Lipinski definition) is 0. The van der Waals surface area contributed by atoms with Gasteiger partial charge in [-0.2, -0.15) is 0 Å². The Balaban J connectivity index is 1.77. The molecule has 0 N–H and O–H groups in total. The van der Waals surface area contributed by atoms with E-state index in [1.165, 1.54) is 0 Å². The zero-order valence-corrected chi connectivity index (χ0v) is 14.1. The first-order valence-electron chi connectivity index (χ1n) is 7.90. The van der Waals surface area contributed by atoms with E-state index in [0.29, 0.717) is 26.2 Å². The number of carbonyl (C=O) groups is 2. The van der Waals surface area contributed by atoms with Gasteiger partial charge in [0.1, 0.15) is 6.61 Å². The Bertz CT molecular complexity index is 525. The summed E-state index contributed by atoms with van der Waals surface area (Å²) in [7, 11) is 3.78. The number of hydrogen-bond acceptors (Lipinski definition) is 4. The van der Waals surface area contributed by atoms with E-state index in [4.69, 9.17) is 4.74 Å². The molecule has 23 heavy (non-hydrogen) atoms. The molecular formula is C17H25N3O3. The van der Waals surface area contributed by atoms with Gasteiger partial charge in [-0.3, -0.25) is 9.69 Å². The molecule has 0 bridgehead atoms. The highest BCUT2D eigenvalue weighted by Gasteiger charge is 2.28. The fourth-order valence-corrected chi connectivity index (χ4v) is 2.41. The van der Waals surface area contributed by atoms with Crippen molar-refractivity contribution in [3.8, 4) is 0 Å². The van der Waals surface area contributed by atoms with E-state index in [0.717, 1.165) is 5.56 Å². The molecule has 0 unspecified atom stereocenters. The van der Waals surface area contributed by atoms with Crippen LogP contribution in [0, 0.1) is 0 Å². The zero-order chi connectivity index (χ0) is 16.8. The van der Waals surface area contributed by atoms with E-state index < -0.39 is 0 Å². The molecular weight excluding hydrogens is 294 g/mol. The lowest BCUT2D eigenvalue weighted by molar-refractivity contribution is -0.137. The predicted molar refractivity (Wildman–Crippen MR) is 87.9 cm³/mol. The molecule has 2 amide bonds. The van der Waals surface area contributed by atoms with Crippen molar-refractivity contribution in [1.29, 1.82) is 0 Å². The Hall–Kier alpha value is -2.08. The summed E-state index contributed by atoms with van der Waals surface area (Å²) in [5, 5.41) is 0. The van der Waals surface area contributed by atoms with Crippen LogP contribution in [0.3, 0.4) is 0 Å². The molecule has 1 aliphatic rings. The van der Waals surface area contributed by atoms with Gasteiger partial charge in [-0.1, -0.05) is 30.3 Å². The number of benzene rings is 1. The van der Waals surface area contributed by atoms with E-state index in [9.17, 15) is 9.59 Å². The number of carbonyl (C=O) groups excluding carboxylic acids is 2. The van der Waals surface area contributed by atoms with Crippen LogP contribution in [0.4, 0.5) is 4.79 Å². The van der Waals surface area contributed by atoms with Gasteiger partial charge in [0.2, 0.25) is 5.91 Å². The molecule has 1 fully saturated rings. The third-order valence-electron chi connectivity index (χ3n) is 4.19. The quantitative estimate of drug-likeness (QED) is 0.842. The van der Waals surface area contributed by atoms with Crippen molar-refractivity contribution in [3.05, 3.63) is 35.9 Å². The Morgan fingerprint density at radius 1 is 1.09 bits per heavy atom. The molecule has 0 aliphatic carbocycles. The fourth-order valence-electron chi connectivity index (χ4n) is 2.41. The molecule has 0 aromatic heterocycles. The highest BCUT2D eigenvalue weighted by Crippen LogP contribution is 2.09. The molecule has 126 valence electrons. The standard InChI is InChI=1S/C17H25N3O3/c1-14(18(2)3)16(21)19-9-11-20(12-10-19)17(22)23-13-15-7-5-4-6-8-15/h4-8,14H,9-13H2,1-3H3/t14-/m0/s1. The van der Waals surface area contributed by atoms with Gasteiger partial charge >= 0.3 is 6.09 Å². The van der Waals surface area contributed by atoms with Gasteiger partial charge in [-0.05, 0) is 26.6 Å². The SMILES string of the molecule is C[C@@H](C(=O)N1CCN(C(=O)OCc2ccccc2)CC1)N(C)C. The minimum atomic E-state index is -0.318. The summed E-state index contributed by atoms with van der Waals surface area (Å²) in [4.78, 5) is 29.7. The molecule has 2 rings (SSSR count). The van der Waals surface area contributed by atoms with Crippen LogP contribution in [-0.4, -0.2) is 73.0 Å². The average molecular weight is 319 g/mol. The van der Waals surface area contributed by atoms with Crippen LogP contribution in [0.1, 0.15) is 12.5 Å². The summed E-state index contributed by atoms with van der Waals surface area (Å²) in [5.41, 5.74) is 0.967. The number of rotatable bonds is 4. The Morgan fingerprint density at radius 2 is 1.65 bits per heavy atom. The van der Waals surface area contributed by atoms with Crippen LogP contribution in [0.25, 0.3) is 0 Å². The van der Waals surface area contributed by atoms with E-state index in [2.05, 4.69) is 0 Å². The average Bonchev–Trinajstić information content (AvgIpc) is 2.59. The van der Waals surface area contributed by atoms with Crippen molar-refractivity contribution < 1.29 is 14.3 Å². The normalized spacial score (nSPS) is 16.3. The van der Waals surface area contributed by atoms with Crippen molar-refractivity contribution in [2.75, 3.05) is 40.3 Å². The molecule has 1 aromatic carbocycles. The maximum absolute atomic E-state index is 12.3. The number of nitrogens with zero attached hydrogens (tertiary/aromatic N) is 3. The Morgan fingerprint density at radius 3 is 2.22 bits per heavy atom. The summed E-state index contributed by atoms with van der Waals surface area (Å²) in [6.45, 7) is 4.30. The smallest absolute Gasteiger partial charge is 0.410 e. The summed E-state index contributed by atoms with van der Waals surface area (Å²) < 4.78 is 5.32. The van der Waals surface area contributed by atoms with E-state index in [1.807, 2.05) is 61.2 Å². The van der Waals surface area contributed by atoms with E-state index in [-0.39, 0.29) is 24.6 Å². The highest BCUT2D eigenvalue weighted by atomic mass is 16.6. The van der Waals surface area contributed by atoms with Crippen molar-refractivity contribution >= 4 is 12.0 Å². The van der Waals surface area contributed by atoms with Crippen LogP contribution in [0.5, 0.6) is 0 Å². The first kappa shape index (κ1) is 17.3. The molecule has 0 spiro atoms. The lowest BCUT2D eigenvalue weighted by Gasteiger charge is -2.36. The largest absolute Gasteiger partial charge is 0.445 e. The van der Waals surface area contributed by atoms with Crippen LogP contribution >= 0.6 is 0 Å². The third-order valence-corrected chi connectivity index (χ3v) is 4.19. The fraction of sp³-hybridized carbons (Fsp3) is 0.529. The van der Waals surface area contributed by atoms with E-state index in [1.54, 1.807) is 4.90 Å². The minimum absolute atomic E-state index is 0.104. The van der Waals surface area contributed by atoms with Gasteiger partial charge in [0.25, 0.3) is 0 Å². The minimum Gasteiger partial charge on any atom is -0.445 e. The maximum Gasteiger partial charge on any atom is 0.410 e. The number of likely N-dealkylation sites (N-methyl/N-ethyl adjacent to an activating group) is 1. The molecule has 1 aliphatic heterocycles. The van der Waals surface area contributed by atoms with Gasteiger partial charge in [0.05, 0.1) is 6.04 Å². The van der Waals surface area contributed by atoms with Gasteiger partial charge < -0.3 is 14.5 Å². The van der Waals surface area contributed by atoms with Crippen LogP contribution in [0.2, 0.25) is 0 Å². The second kappa shape index (κ2) is 7.97. The first-order chi connectivity index (χ1) is 11.0. The van der Waals surface area contributed by atoms with Crippen molar-refractivity contribution in [2.45, 2.75) is 19.6 Å². The van der Waals surface area contributed by atoms with Crippen LogP contribution in [-0.2, 0) is 16.1 Å². The van der Waals surface area contributed by atoms with E-state index >= 15 is 0 Å². The summed E-state index contributed by atoms with van der Waals surface area (Å²) in [6, 6.07) is 9.46. The molecule has 6 heteroatoms. The number of amides is 2. The van der Waals surface area contributed by atoms with Gasteiger partial charge in [-0.15, -0.1) is 0 Å². The molecule has 1 heterocycles. The van der Waals surface area contributed by atoms with Crippen molar-refractivity contribution in [2.24, 2.45) is 0 Å².